The van der Waals surface area contributed by atoms with E-state index in [4.69, 9.17) is 4.74 Å². The lowest BCUT2D eigenvalue weighted by molar-refractivity contribution is -0.149. The van der Waals surface area contributed by atoms with Gasteiger partial charge < -0.3 is 20.5 Å². The maximum atomic E-state index is 13.2. The first-order chi connectivity index (χ1) is 17.3. The molecule has 0 unspecified atom stereocenters. The summed E-state index contributed by atoms with van der Waals surface area (Å²) in [6, 6.07) is 14.0. The molecule has 2 aromatic carbocycles. The van der Waals surface area contributed by atoms with E-state index >= 15 is 0 Å². The van der Waals surface area contributed by atoms with Gasteiger partial charge in [0.05, 0.1) is 0 Å². The number of phenolic OH excluding ortho intramolecular Hbond substituents is 1. The van der Waals surface area contributed by atoms with Crippen molar-refractivity contribution >= 4 is 33.7 Å². The van der Waals surface area contributed by atoms with Gasteiger partial charge in [-0.05, 0) is 42.0 Å². The Hall–Kier alpha value is -2.87. The van der Waals surface area contributed by atoms with Crippen molar-refractivity contribution in [2.75, 3.05) is 5.33 Å². The molecule has 2 atom stereocenters. The number of rotatable bonds is 15. The predicted octanol–water partition coefficient (Wildman–Crippen LogP) is 4.65. The Morgan fingerprint density at radius 2 is 1.56 bits per heavy atom. The lowest BCUT2D eigenvalue weighted by Crippen LogP contribution is -2.54. The van der Waals surface area contributed by atoms with Crippen molar-refractivity contribution in [2.45, 2.75) is 71.1 Å². The molecule has 0 aromatic heterocycles. The standard InChI is InChI=1S/C28H37BrN2O5/c1-20(2)26(31-25(33)12-8-3-4-9-17-29)27(34)30-24(18-21-13-15-23(32)16-14-21)28(35)36-19-22-10-6-5-7-11-22/h5-7,10-11,13-16,20,24,26,32H,3-4,8-9,12,17-19H2,1-2H3,(H,30,34)(H,31,33)/t24-,26-/m0/s1. The Labute approximate surface area is 222 Å². The first-order valence-corrected chi connectivity index (χ1v) is 13.6. The highest BCUT2D eigenvalue weighted by Gasteiger charge is 2.29. The molecule has 0 aliphatic carbocycles. The molecule has 0 spiro atoms. The fourth-order valence-corrected chi connectivity index (χ4v) is 4.06. The summed E-state index contributed by atoms with van der Waals surface area (Å²) in [4.78, 5) is 38.7. The van der Waals surface area contributed by atoms with Gasteiger partial charge in [-0.1, -0.05) is 85.1 Å². The van der Waals surface area contributed by atoms with Crippen LogP contribution in [0.5, 0.6) is 5.75 Å². The number of hydrogen-bond donors (Lipinski definition) is 3. The van der Waals surface area contributed by atoms with E-state index in [2.05, 4.69) is 26.6 Å². The van der Waals surface area contributed by atoms with Crippen molar-refractivity contribution in [1.29, 1.82) is 0 Å². The monoisotopic (exact) mass is 560 g/mol. The molecule has 0 saturated carbocycles. The summed E-state index contributed by atoms with van der Waals surface area (Å²) >= 11 is 3.40. The lowest BCUT2D eigenvalue weighted by atomic mass is 10.0. The maximum Gasteiger partial charge on any atom is 0.329 e. The molecule has 0 radical (unpaired) electrons. The van der Waals surface area contributed by atoms with E-state index in [1.54, 1.807) is 12.1 Å². The molecule has 2 amide bonds. The second-order valence-electron chi connectivity index (χ2n) is 9.17. The number of amides is 2. The minimum absolute atomic E-state index is 0.0844. The van der Waals surface area contributed by atoms with Crippen LogP contribution < -0.4 is 10.6 Å². The van der Waals surface area contributed by atoms with Crippen molar-refractivity contribution < 1.29 is 24.2 Å². The molecule has 36 heavy (non-hydrogen) atoms. The molecule has 0 fully saturated rings. The van der Waals surface area contributed by atoms with Gasteiger partial charge in [0.2, 0.25) is 11.8 Å². The summed E-state index contributed by atoms with van der Waals surface area (Å²) in [5.74, 6) is -1.24. The van der Waals surface area contributed by atoms with Gasteiger partial charge in [0.25, 0.3) is 0 Å². The summed E-state index contributed by atoms with van der Waals surface area (Å²) < 4.78 is 5.50. The molecule has 0 aliphatic heterocycles. The van der Waals surface area contributed by atoms with Gasteiger partial charge in [0.15, 0.2) is 0 Å². The number of phenols is 1. The molecule has 2 aromatic rings. The van der Waals surface area contributed by atoms with E-state index in [-0.39, 0.29) is 30.6 Å². The zero-order valence-electron chi connectivity index (χ0n) is 21.0. The van der Waals surface area contributed by atoms with E-state index < -0.39 is 24.0 Å². The Bertz CT molecular complexity index is 950. The van der Waals surface area contributed by atoms with Crippen LogP contribution >= 0.6 is 15.9 Å². The maximum absolute atomic E-state index is 13.2. The van der Waals surface area contributed by atoms with Crippen LogP contribution in [0, 0.1) is 5.92 Å². The average molecular weight is 562 g/mol. The van der Waals surface area contributed by atoms with E-state index in [0.29, 0.717) is 6.42 Å². The summed E-state index contributed by atoms with van der Waals surface area (Å²) in [7, 11) is 0. The minimum atomic E-state index is -0.951. The van der Waals surface area contributed by atoms with Crippen LogP contribution in [0.4, 0.5) is 0 Å². The predicted molar refractivity (Wildman–Crippen MR) is 144 cm³/mol. The number of nitrogens with one attached hydrogen (secondary N) is 2. The molecular weight excluding hydrogens is 524 g/mol. The molecule has 0 heterocycles. The molecule has 0 bridgehead atoms. The Morgan fingerprint density at radius 3 is 2.19 bits per heavy atom. The largest absolute Gasteiger partial charge is 0.508 e. The summed E-state index contributed by atoms with van der Waals surface area (Å²) in [5.41, 5.74) is 1.59. The van der Waals surface area contributed by atoms with Crippen LogP contribution in [0.2, 0.25) is 0 Å². The van der Waals surface area contributed by atoms with Crippen molar-refractivity contribution in [2.24, 2.45) is 5.92 Å². The van der Waals surface area contributed by atoms with Gasteiger partial charge in [0, 0.05) is 18.2 Å². The van der Waals surface area contributed by atoms with Crippen LogP contribution in [-0.2, 0) is 32.1 Å². The number of hydrogen-bond acceptors (Lipinski definition) is 5. The number of aromatic hydroxyl groups is 1. The van der Waals surface area contributed by atoms with E-state index in [9.17, 15) is 19.5 Å². The number of ether oxygens (including phenoxy) is 1. The molecule has 0 aliphatic rings. The number of unbranched alkanes of at least 4 members (excludes halogenated alkanes) is 3. The van der Waals surface area contributed by atoms with Crippen LogP contribution in [-0.4, -0.2) is 40.3 Å². The molecule has 8 heteroatoms. The SMILES string of the molecule is CC(C)[C@H](NC(=O)CCCCCCBr)C(=O)N[C@@H](Cc1ccc(O)cc1)C(=O)OCc1ccccc1. The first-order valence-electron chi connectivity index (χ1n) is 12.4. The van der Waals surface area contributed by atoms with E-state index in [0.717, 1.165) is 42.1 Å². The average Bonchev–Trinajstić information content (AvgIpc) is 2.87. The summed E-state index contributed by atoms with van der Waals surface area (Å²) in [6.45, 7) is 3.79. The first kappa shape index (κ1) is 29.4. The van der Waals surface area contributed by atoms with Gasteiger partial charge >= 0.3 is 5.97 Å². The molecule has 196 valence electrons. The van der Waals surface area contributed by atoms with Gasteiger partial charge in [-0.25, -0.2) is 4.79 Å². The minimum Gasteiger partial charge on any atom is -0.508 e. The van der Waals surface area contributed by atoms with Crippen molar-refractivity contribution in [1.82, 2.24) is 10.6 Å². The number of halogens is 1. The topological polar surface area (TPSA) is 105 Å². The fourth-order valence-electron chi connectivity index (χ4n) is 3.67. The van der Waals surface area contributed by atoms with Crippen LogP contribution in [0.15, 0.2) is 54.6 Å². The highest BCUT2D eigenvalue weighted by molar-refractivity contribution is 9.09. The zero-order chi connectivity index (χ0) is 26.3. The highest BCUT2D eigenvalue weighted by atomic mass is 79.9. The zero-order valence-corrected chi connectivity index (χ0v) is 22.6. The molecule has 3 N–H and O–H groups in total. The van der Waals surface area contributed by atoms with Crippen LogP contribution in [0.3, 0.4) is 0 Å². The van der Waals surface area contributed by atoms with Crippen molar-refractivity contribution in [3.8, 4) is 5.75 Å². The number of carbonyl (C=O) groups is 3. The third kappa shape index (κ3) is 10.8. The fraction of sp³-hybridized carbons (Fsp3) is 0.464. The normalized spacial score (nSPS) is 12.6. The molecular formula is C28H37BrN2O5. The highest BCUT2D eigenvalue weighted by Crippen LogP contribution is 2.14. The Balaban J connectivity index is 2.04. The van der Waals surface area contributed by atoms with Gasteiger partial charge in [0.1, 0.15) is 24.4 Å². The Morgan fingerprint density at radius 1 is 0.889 bits per heavy atom. The summed E-state index contributed by atoms with van der Waals surface area (Å²) in [5, 5.41) is 16.2. The smallest absolute Gasteiger partial charge is 0.329 e. The number of carbonyl (C=O) groups excluding carboxylic acids is 3. The number of esters is 1. The van der Waals surface area contributed by atoms with Crippen LogP contribution in [0.1, 0.15) is 57.1 Å². The summed E-state index contributed by atoms with van der Waals surface area (Å²) in [6.07, 6.45) is 4.39. The quantitative estimate of drug-likeness (QED) is 0.167. The molecule has 0 saturated heterocycles. The third-order valence-electron chi connectivity index (χ3n) is 5.75. The third-order valence-corrected chi connectivity index (χ3v) is 6.31. The Kier molecular flexibility index (Phi) is 13.0. The van der Waals surface area contributed by atoms with Gasteiger partial charge in [-0.3, -0.25) is 9.59 Å². The van der Waals surface area contributed by atoms with Crippen LogP contribution in [0.25, 0.3) is 0 Å². The molecule has 2 rings (SSSR count). The van der Waals surface area contributed by atoms with Crippen molar-refractivity contribution in [3.05, 3.63) is 65.7 Å². The van der Waals surface area contributed by atoms with Gasteiger partial charge in [-0.2, -0.15) is 0 Å². The number of benzene rings is 2. The second kappa shape index (κ2) is 16.0. The van der Waals surface area contributed by atoms with E-state index in [1.807, 2.05) is 44.2 Å². The number of alkyl halides is 1. The van der Waals surface area contributed by atoms with Gasteiger partial charge in [-0.15, -0.1) is 0 Å². The molecule has 7 nitrogen and oxygen atoms in total. The lowest BCUT2D eigenvalue weighted by Gasteiger charge is -2.25. The second-order valence-corrected chi connectivity index (χ2v) is 9.96. The van der Waals surface area contributed by atoms with E-state index in [1.165, 1.54) is 12.1 Å². The van der Waals surface area contributed by atoms with Crippen molar-refractivity contribution in [3.63, 3.8) is 0 Å².